The molecule has 2 rings (SSSR count). The number of likely N-dealkylation sites (N-methyl/N-ethyl adjacent to an activating group) is 1. The normalized spacial score (nSPS) is 14.9. The highest BCUT2D eigenvalue weighted by molar-refractivity contribution is 6.30. The maximum absolute atomic E-state index is 13.6. The molecule has 0 saturated carbocycles. The molecule has 2 amide bonds. The Balaban J connectivity index is 1.82. The number of amides is 2. The van der Waals surface area contributed by atoms with Crippen molar-refractivity contribution in [2.45, 2.75) is 0 Å². The largest absolute Gasteiger partial charge is 0.378 e. The highest BCUT2D eigenvalue weighted by atomic mass is 35.5. The van der Waals surface area contributed by atoms with Crippen LogP contribution in [0, 0.1) is 5.82 Å². The van der Waals surface area contributed by atoms with E-state index in [1.54, 1.807) is 16.8 Å². The Bertz CT molecular complexity index is 579. The second-order valence-corrected chi connectivity index (χ2v) is 5.77. The van der Waals surface area contributed by atoms with Crippen LogP contribution in [-0.4, -0.2) is 68.1 Å². The third-order valence-electron chi connectivity index (χ3n) is 3.38. The van der Waals surface area contributed by atoms with Gasteiger partial charge in [-0.25, -0.2) is 4.39 Å². The summed E-state index contributed by atoms with van der Waals surface area (Å²) < 4.78 is 18.7. The lowest BCUT2D eigenvalue weighted by molar-refractivity contribution is -0.136. The lowest BCUT2D eigenvalue weighted by atomic mass is 10.3. The van der Waals surface area contributed by atoms with E-state index in [0.29, 0.717) is 31.3 Å². The fourth-order valence-corrected chi connectivity index (χ4v) is 2.40. The molecule has 8 heteroatoms. The minimum atomic E-state index is -0.560. The Morgan fingerprint density at radius 1 is 1.35 bits per heavy atom. The van der Waals surface area contributed by atoms with Gasteiger partial charge in [0.05, 0.1) is 32.0 Å². The zero-order valence-electron chi connectivity index (χ0n) is 12.8. The molecule has 0 aromatic heterocycles. The van der Waals surface area contributed by atoms with E-state index in [1.165, 1.54) is 18.2 Å². The SMILES string of the molecule is CN(CC(=O)Nc1cc(Cl)ccc1F)CC(=O)N1CCOCC1. The Morgan fingerprint density at radius 2 is 2.04 bits per heavy atom. The molecule has 1 fully saturated rings. The van der Waals surface area contributed by atoms with Crippen LogP contribution < -0.4 is 5.32 Å². The van der Waals surface area contributed by atoms with Crippen molar-refractivity contribution in [2.75, 3.05) is 51.8 Å². The first-order valence-corrected chi connectivity index (χ1v) is 7.62. The quantitative estimate of drug-likeness (QED) is 0.873. The van der Waals surface area contributed by atoms with Crippen LogP contribution in [-0.2, 0) is 14.3 Å². The number of carbonyl (C=O) groups excluding carboxylic acids is 2. The first-order chi connectivity index (χ1) is 11.0. The van der Waals surface area contributed by atoms with E-state index in [-0.39, 0.29) is 24.7 Å². The molecule has 1 heterocycles. The van der Waals surface area contributed by atoms with Crippen LogP contribution in [0.3, 0.4) is 0 Å². The molecule has 0 unspecified atom stereocenters. The van der Waals surface area contributed by atoms with Gasteiger partial charge in [-0.15, -0.1) is 0 Å². The number of nitrogens with one attached hydrogen (secondary N) is 1. The van der Waals surface area contributed by atoms with Crippen LogP contribution in [0.2, 0.25) is 5.02 Å². The molecule has 1 aliphatic heterocycles. The van der Waals surface area contributed by atoms with Crippen molar-refractivity contribution in [1.82, 2.24) is 9.80 Å². The van der Waals surface area contributed by atoms with Crippen molar-refractivity contribution in [3.63, 3.8) is 0 Å². The molecule has 1 aromatic rings. The molecule has 1 aromatic carbocycles. The van der Waals surface area contributed by atoms with Gasteiger partial charge < -0.3 is 15.0 Å². The minimum Gasteiger partial charge on any atom is -0.378 e. The van der Waals surface area contributed by atoms with E-state index in [0.717, 1.165) is 0 Å². The van der Waals surface area contributed by atoms with Crippen molar-refractivity contribution >= 4 is 29.1 Å². The van der Waals surface area contributed by atoms with Gasteiger partial charge in [-0.05, 0) is 25.2 Å². The summed E-state index contributed by atoms with van der Waals surface area (Å²) in [6, 6.07) is 3.93. The number of hydrogen-bond donors (Lipinski definition) is 1. The van der Waals surface area contributed by atoms with Crippen molar-refractivity contribution in [2.24, 2.45) is 0 Å². The molecule has 0 spiro atoms. The highest BCUT2D eigenvalue weighted by Crippen LogP contribution is 2.19. The van der Waals surface area contributed by atoms with Gasteiger partial charge in [-0.1, -0.05) is 11.6 Å². The predicted octanol–water partition coefficient (Wildman–Crippen LogP) is 1.21. The third-order valence-corrected chi connectivity index (χ3v) is 3.62. The van der Waals surface area contributed by atoms with Gasteiger partial charge in [0.15, 0.2) is 0 Å². The Kier molecular flexibility index (Phi) is 6.32. The fraction of sp³-hybridized carbons (Fsp3) is 0.467. The smallest absolute Gasteiger partial charge is 0.238 e. The van der Waals surface area contributed by atoms with Crippen LogP contribution in [0.15, 0.2) is 18.2 Å². The number of halogens is 2. The Hall–Kier alpha value is -1.70. The number of rotatable bonds is 5. The zero-order chi connectivity index (χ0) is 16.8. The van der Waals surface area contributed by atoms with E-state index in [2.05, 4.69) is 5.32 Å². The second kappa shape index (κ2) is 8.24. The molecular weight excluding hydrogens is 325 g/mol. The number of carbonyl (C=O) groups is 2. The van der Waals surface area contributed by atoms with Crippen LogP contribution in [0.1, 0.15) is 0 Å². The monoisotopic (exact) mass is 343 g/mol. The molecule has 126 valence electrons. The highest BCUT2D eigenvalue weighted by Gasteiger charge is 2.19. The number of benzene rings is 1. The number of hydrogen-bond acceptors (Lipinski definition) is 4. The van der Waals surface area contributed by atoms with Crippen LogP contribution >= 0.6 is 11.6 Å². The maximum Gasteiger partial charge on any atom is 0.238 e. The summed E-state index contributed by atoms with van der Waals surface area (Å²) in [6.45, 7) is 2.28. The standard InChI is InChI=1S/C15H19ClFN3O3/c1-19(10-15(22)20-4-6-23-7-5-20)9-14(21)18-13-8-11(16)2-3-12(13)17/h2-3,8H,4-7,9-10H2,1H3,(H,18,21). The summed E-state index contributed by atoms with van der Waals surface area (Å²) in [5.74, 6) is -1.03. The number of nitrogens with zero attached hydrogens (tertiary/aromatic N) is 2. The Labute approximate surface area is 139 Å². The molecule has 6 nitrogen and oxygen atoms in total. The minimum absolute atomic E-state index is 0.0235. The van der Waals surface area contributed by atoms with Crippen molar-refractivity contribution in [1.29, 1.82) is 0 Å². The van der Waals surface area contributed by atoms with Crippen molar-refractivity contribution in [3.8, 4) is 0 Å². The first kappa shape index (κ1) is 17.7. The molecule has 0 atom stereocenters. The maximum atomic E-state index is 13.6. The Morgan fingerprint density at radius 3 is 2.74 bits per heavy atom. The lowest BCUT2D eigenvalue weighted by Crippen LogP contribution is -2.46. The van der Waals surface area contributed by atoms with E-state index >= 15 is 0 Å². The summed E-state index contributed by atoms with van der Waals surface area (Å²) in [5.41, 5.74) is 0.0235. The van der Waals surface area contributed by atoms with Gasteiger partial charge >= 0.3 is 0 Å². The molecule has 1 saturated heterocycles. The van der Waals surface area contributed by atoms with Gasteiger partial charge in [-0.3, -0.25) is 14.5 Å². The molecule has 0 aliphatic carbocycles. The third kappa shape index (κ3) is 5.46. The molecule has 23 heavy (non-hydrogen) atoms. The molecule has 1 aliphatic rings. The number of anilines is 1. The summed E-state index contributed by atoms with van der Waals surface area (Å²) in [4.78, 5) is 27.3. The van der Waals surface area contributed by atoms with E-state index in [4.69, 9.17) is 16.3 Å². The lowest BCUT2D eigenvalue weighted by Gasteiger charge is -2.28. The topological polar surface area (TPSA) is 61.9 Å². The van der Waals surface area contributed by atoms with Crippen LogP contribution in [0.25, 0.3) is 0 Å². The average molecular weight is 344 g/mol. The molecule has 0 bridgehead atoms. The van der Waals surface area contributed by atoms with Gasteiger partial charge in [0.2, 0.25) is 11.8 Å². The summed E-state index contributed by atoms with van der Waals surface area (Å²) in [5, 5.41) is 2.78. The van der Waals surface area contributed by atoms with Crippen molar-refractivity contribution in [3.05, 3.63) is 29.0 Å². The number of ether oxygens (including phenoxy) is 1. The second-order valence-electron chi connectivity index (χ2n) is 5.34. The average Bonchev–Trinajstić information content (AvgIpc) is 2.51. The van der Waals surface area contributed by atoms with Gasteiger partial charge in [-0.2, -0.15) is 0 Å². The van der Waals surface area contributed by atoms with E-state index in [9.17, 15) is 14.0 Å². The molecule has 0 radical (unpaired) electrons. The fourth-order valence-electron chi connectivity index (χ4n) is 2.23. The summed E-state index contributed by atoms with van der Waals surface area (Å²) >= 11 is 5.77. The van der Waals surface area contributed by atoms with E-state index in [1.807, 2.05) is 0 Å². The molecule has 1 N–H and O–H groups in total. The first-order valence-electron chi connectivity index (χ1n) is 7.24. The van der Waals surface area contributed by atoms with Gasteiger partial charge in [0.1, 0.15) is 5.82 Å². The zero-order valence-corrected chi connectivity index (χ0v) is 13.6. The predicted molar refractivity (Wildman–Crippen MR) is 84.9 cm³/mol. The van der Waals surface area contributed by atoms with Crippen LogP contribution in [0.4, 0.5) is 10.1 Å². The number of morpholine rings is 1. The van der Waals surface area contributed by atoms with Gasteiger partial charge in [0.25, 0.3) is 0 Å². The van der Waals surface area contributed by atoms with Crippen LogP contribution in [0.5, 0.6) is 0 Å². The summed E-state index contributed by atoms with van der Waals surface area (Å²) in [6.07, 6.45) is 0. The summed E-state index contributed by atoms with van der Waals surface area (Å²) in [7, 11) is 1.66. The van der Waals surface area contributed by atoms with Gasteiger partial charge in [0, 0.05) is 18.1 Å². The van der Waals surface area contributed by atoms with Crippen molar-refractivity contribution < 1.29 is 18.7 Å². The molecular formula is C15H19ClFN3O3. The van der Waals surface area contributed by atoms with E-state index < -0.39 is 11.7 Å².